The number of hydrogen-bond donors (Lipinski definition) is 3. The van der Waals surface area contributed by atoms with Crippen LogP contribution in [0.25, 0.3) is 0 Å². The first-order valence-corrected chi connectivity index (χ1v) is 7.50. The summed E-state index contributed by atoms with van der Waals surface area (Å²) in [6, 6.07) is 5.05. The highest BCUT2D eigenvalue weighted by Crippen LogP contribution is 2.31. The Hall–Kier alpha value is -1.79. The Balaban J connectivity index is 2.22. The number of ether oxygens (including phenoxy) is 1. The first-order chi connectivity index (χ1) is 10.3. The molecule has 1 aromatic carbocycles. The van der Waals surface area contributed by atoms with E-state index in [0.717, 1.165) is 25.2 Å². The van der Waals surface area contributed by atoms with Gasteiger partial charge in [0.25, 0.3) is 0 Å². The lowest BCUT2D eigenvalue weighted by Crippen LogP contribution is -2.44. The van der Waals surface area contributed by atoms with E-state index in [1.54, 1.807) is 18.2 Å². The molecule has 122 valence electrons. The van der Waals surface area contributed by atoms with Crippen molar-refractivity contribution in [1.29, 1.82) is 0 Å². The average Bonchev–Trinajstić information content (AvgIpc) is 2.39. The molecule has 1 fully saturated rings. The third kappa shape index (κ3) is 4.35. The van der Waals surface area contributed by atoms with Gasteiger partial charge >= 0.3 is 6.09 Å². The minimum absolute atomic E-state index is 0.0887. The zero-order valence-corrected chi connectivity index (χ0v) is 13.6. The first kappa shape index (κ1) is 16.6. The maximum absolute atomic E-state index is 12.0. The van der Waals surface area contributed by atoms with E-state index in [4.69, 9.17) is 4.74 Å². The molecule has 22 heavy (non-hydrogen) atoms. The van der Waals surface area contributed by atoms with Gasteiger partial charge in [0.1, 0.15) is 11.4 Å². The highest BCUT2D eigenvalue weighted by Gasteiger charge is 2.25. The lowest BCUT2D eigenvalue weighted by atomic mass is 10.0. The van der Waals surface area contributed by atoms with E-state index < -0.39 is 11.7 Å². The second-order valence-electron chi connectivity index (χ2n) is 6.60. The molecule has 1 unspecified atom stereocenters. The summed E-state index contributed by atoms with van der Waals surface area (Å²) >= 11 is 0. The summed E-state index contributed by atoms with van der Waals surface area (Å²) in [6.07, 6.45) is -0.495. The van der Waals surface area contributed by atoms with Gasteiger partial charge in [0.05, 0.1) is 0 Å². The highest BCUT2D eigenvalue weighted by molar-refractivity contribution is 5.86. The van der Waals surface area contributed by atoms with Crippen LogP contribution in [0.5, 0.6) is 5.75 Å². The molecule has 0 spiro atoms. The highest BCUT2D eigenvalue weighted by atomic mass is 16.6. The van der Waals surface area contributed by atoms with Crippen molar-refractivity contribution in [3.63, 3.8) is 0 Å². The molecule has 1 heterocycles. The van der Waals surface area contributed by atoms with Gasteiger partial charge in [-0.25, -0.2) is 4.79 Å². The number of aromatic hydroxyl groups is 1. The molecular formula is C16H25N3O3. The van der Waals surface area contributed by atoms with Crippen molar-refractivity contribution in [3.05, 3.63) is 23.8 Å². The molecule has 0 saturated carbocycles. The van der Waals surface area contributed by atoms with Crippen LogP contribution in [0, 0.1) is 0 Å². The van der Waals surface area contributed by atoms with Crippen LogP contribution in [0.1, 0.15) is 32.4 Å². The number of carbonyl (C=O) groups excluding carboxylic acids is 1. The summed E-state index contributed by atoms with van der Waals surface area (Å²) in [5.41, 5.74) is 0.984. The largest absolute Gasteiger partial charge is 0.508 e. The lowest BCUT2D eigenvalue weighted by molar-refractivity contribution is 0.0635. The number of piperazine rings is 1. The van der Waals surface area contributed by atoms with Gasteiger partial charge in [-0.05, 0) is 51.6 Å². The van der Waals surface area contributed by atoms with E-state index in [-0.39, 0.29) is 11.8 Å². The van der Waals surface area contributed by atoms with Gasteiger partial charge in [-0.2, -0.15) is 0 Å². The number of phenols is 1. The number of benzene rings is 1. The van der Waals surface area contributed by atoms with Gasteiger partial charge in [-0.1, -0.05) is 0 Å². The van der Waals surface area contributed by atoms with E-state index in [2.05, 4.69) is 15.5 Å². The number of nitrogens with one attached hydrogen (secondary N) is 2. The first-order valence-electron chi connectivity index (χ1n) is 7.50. The molecule has 1 aliphatic heterocycles. The molecular weight excluding hydrogens is 282 g/mol. The average molecular weight is 307 g/mol. The normalized spacial score (nSPS) is 19.7. The molecule has 1 aliphatic rings. The smallest absolute Gasteiger partial charge is 0.412 e. The number of hydrogen-bond acceptors (Lipinski definition) is 5. The predicted octanol–water partition coefficient (Wildman–Crippen LogP) is 2.32. The van der Waals surface area contributed by atoms with Crippen LogP contribution in [-0.4, -0.2) is 48.4 Å². The van der Waals surface area contributed by atoms with E-state index in [1.807, 2.05) is 27.8 Å². The minimum Gasteiger partial charge on any atom is -0.508 e. The standard InChI is InChI=1S/C16H25N3O3/c1-16(2,3)22-15(21)18-13-6-5-11(20)9-12(13)14-10-17-7-8-19(14)4/h5-6,9,14,17,20H,7-8,10H2,1-4H3,(H,18,21). The second-order valence-corrected chi connectivity index (χ2v) is 6.60. The number of likely N-dealkylation sites (N-methyl/N-ethyl adjacent to an activating group) is 1. The van der Waals surface area contributed by atoms with Crippen LogP contribution in [-0.2, 0) is 4.74 Å². The molecule has 0 radical (unpaired) electrons. The van der Waals surface area contributed by atoms with E-state index in [9.17, 15) is 9.90 Å². The summed E-state index contributed by atoms with van der Waals surface area (Å²) in [5, 5.41) is 15.9. The maximum atomic E-state index is 12.0. The third-order valence-electron chi connectivity index (χ3n) is 3.54. The zero-order valence-electron chi connectivity index (χ0n) is 13.6. The monoisotopic (exact) mass is 307 g/mol. The zero-order chi connectivity index (χ0) is 16.3. The number of amides is 1. The van der Waals surface area contributed by atoms with Crippen LogP contribution in [0.3, 0.4) is 0 Å². The van der Waals surface area contributed by atoms with E-state index in [0.29, 0.717) is 5.69 Å². The fourth-order valence-corrected chi connectivity index (χ4v) is 2.51. The van der Waals surface area contributed by atoms with Crippen LogP contribution in [0.15, 0.2) is 18.2 Å². The predicted molar refractivity (Wildman–Crippen MR) is 86.2 cm³/mol. The van der Waals surface area contributed by atoms with Crippen LogP contribution >= 0.6 is 0 Å². The maximum Gasteiger partial charge on any atom is 0.412 e. The summed E-state index contributed by atoms with van der Waals surface area (Å²) in [7, 11) is 2.03. The molecule has 1 atom stereocenters. The summed E-state index contributed by atoms with van der Waals surface area (Å²) in [6.45, 7) is 8.07. The Morgan fingerprint density at radius 3 is 2.82 bits per heavy atom. The summed E-state index contributed by atoms with van der Waals surface area (Å²) in [5.74, 6) is 0.184. The Morgan fingerprint density at radius 1 is 1.45 bits per heavy atom. The van der Waals surface area contributed by atoms with Gasteiger partial charge in [-0.15, -0.1) is 0 Å². The minimum atomic E-state index is -0.551. The number of carbonyl (C=O) groups is 1. The molecule has 1 saturated heterocycles. The van der Waals surface area contributed by atoms with Gasteiger partial charge in [0, 0.05) is 31.4 Å². The van der Waals surface area contributed by atoms with Gasteiger partial charge in [0.15, 0.2) is 0 Å². The number of anilines is 1. The molecule has 2 rings (SSSR count). The molecule has 1 amide bonds. The SMILES string of the molecule is CN1CCNCC1c1cc(O)ccc1NC(=O)OC(C)(C)C. The molecule has 3 N–H and O–H groups in total. The molecule has 6 heteroatoms. The van der Waals surface area contributed by atoms with Gasteiger partial charge < -0.3 is 15.2 Å². The van der Waals surface area contributed by atoms with Crippen LogP contribution in [0.2, 0.25) is 0 Å². The van der Waals surface area contributed by atoms with Crippen molar-refractivity contribution < 1.29 is 14.6 Å². The Morgan fingerprint density at radius 2 is 2.18 bits per heavy atom. The van der Waals surface area contributed by atoms with Crippen molar-refractivity contribution in [3.8, 4) is 5.75 Å². The van der Waals surface area contributed by atoms with Crippen LogP contribution in [0.4, 0.5) is 10.5 Å². The van der Waals surface area contributed by atoms with Crippen molar-refractivity contribution in [2.75, 3.05) is 32.0 Å². The van der Waals surface area contributed by atoms with Crippen molar-refractivity contribution in [2.45, 2.75) is 32.4 Å². The summed E-state index contributed by atoms with van der Waals surface area (Å²) in [4.78, 5) is 14.2. The summed E-state index contributed by atoms with van der Waals surface area (Å²) < 4.78 is 5.30. The Kier molecular flexibility index (Phi) is 4.93. The van der Waals surface area contributed by atoms with Crippen LogP contribution < -0.4 is 10.6 Å². The Bertz CT molecular complexity index is 540. The van der Waals surface area contributed by atoms with Gasteiger partial charge in [-0.3, -0.25) is 10.2 Å². The van der Waals surface area contributed by atoms with E-state index >= 15 is 0 Å². The molecule has 0 aliphatic carbocycles. The van der Waals surface area contributed by atoms with Crippen molar-refractivity contribution >= 4 is 11.8 Å². The molecule has 0 bridgehead atoms. The third-order valence-corrected chi connectivity index (χ3v) is 3.54. The van der Waals surface area contributed by atoms with Crippen molar-refractivity contribution in [2.24, 2.45) is 0 Å². The molecule has 1 aromatic rings. The topological polar surface area (TPSA) is 73.8 Å². The molecule has 0 aromatic heterocycles. The molecule has 6 nitrogen and oxygen atoms in total. The lowest BCUT2D eigenvalue weighted by Gasteiger charge is -2.34. The second kappa shape index (κ2) is 6.54. The quantitative estimate of drug-likeness (QED) is 0.731. The number of rotatable bonds is 2. The fourth-order valence-electron chi connectivity index (χ4n) is 2.51. The van der Waals surface area contributed by atoms with Gasteiger partial charge in [0.2, 0.25) is 0 Å². The Labute approximate surface area is 131 Å². The van der Waals surface area contributed by atoms with Crippen molar-refractivity contribution in [1.82, 2.24) is 10.2 Å². The van der Waals surface area contributed by atoms with E-state index in [1.165, 1.54) is 0 Å². The number of nitrogens with zero attached hydrogens (tertiary/aromatic N) is 1. The number of phenolic OH excluding ortho intramolecular Hbond substituents is 1. The fraction of sp³-hybridized carbons (Fsp3) is 0.562.